The van der Waals surface area contributed by atoms with Gasteiger partial charge < -0.3 is 49.4 Å². The summed E-state index contributed by atoms with van der Waals surface area (Å²) in [6, 6.07) is 17.8. The lowest BCUT2D eigenvalue weighted by atomic mass is 9.90. The van der Waals surface area contributed by atoms with E-state index in [1.165, 1.54) is 38.3 Å². The molecule has 0 aliphatic carbocycles. The van der Waals surface area contributed by atoms with E-state index in [4.69, 9.17) is 56.9 Å². The number of aliphatic imine (C=N–C) groups is 1. The van der Waals surface area contributed by atoms with Crippen LogP contribution in [0, 0.1) is 19.7 Å². The molecule has 4 aliphatic heterocycles. The van der Waals surface area contributed by atoms with Crippen molar-refractivity contribution in [1.29, 1.82) is 0 Å². The smallest absolute Gasteiger partial charge is 0.221 e. The minimum absolute atomic E-state index is 0.196. The summed E-state index contributed by atoms with van der Waals surface area (Å²) in [5, 5.41) is 11.7. The molecule has 69 heavy (non-hydrogen) atoms. The van der Waals surface area contributed by atoms with Crippen LogP contribution in [0.3, 0.4) is 0 Å². The van der Waals surface area contributed by atoms with Crippen molar-refractivity contribution in [3.8, 4) is 50.2 Å². The van der Waals surface area contributed by atoms with Gasteiger partial charge in [0.2, 0.25) is 5.90 Å². The summed E-state index contributed by atoms with van der Waals surface area (Å²) in [4.78, 5) is 24.2. The molecule has 0 spiro atoms. The van der Waals surface area contributed by atoms with Crippen LogP contribution in [0.4, 0.5) is 15.2 Å². The Morgan fingerprint density at radius 2 is 1.55 bits per heavy atom. The Hall–Kier alpha value is -5.59. The average Bonchev–Trinajstić information content (AvgIpc) is 3.75. The molecule has 1 saturated heterocycles. The van der Waals surface area contributed by atoms with Gasteiger partial charge in [-0.15, -0.1) is 11.3 Å². The number of hydrogen-bond acceptors (Lipinski definition) is 15. The SMILES string of the molecule is CN1CCN(C)CC1.COCCNCCNc1ccc(-c2nccc(COc3ccc4cc3CCOC3=NCNc5sc(-c6ccc(F)cc6)c(c53)-c3c(C)c(Cl)c(c(Cl)c3C)OCCO4)n2)cn1. The van der Waals surface area contributed by atoms with Crippen LogP contribution in [-0.4, -0.2) is 131 Å². The normalized spacial score (nSPS) is 15.0. The van der Waals surface area contributed by atoms with E-state index in [-0.39, 0.29) is 32.2 Å². The van der Waals surface area contributed by atoms with E-state index in [0.717, 1.165) is 79.8 Å². The largest absolute Gasteiger partial charge is 0.490 e. The maximum absolute atomic E-state index is 14.2. The van der Waals surface area contributed by atoms with Crippen molar-refractivity contribution < 1.29 is 28.1 Å². The lowest BCUT2D eigenvalue weighted by molar-refractivity contribution is 0.181. The summed E-state index contributed by atoms with van der Waals surface area (Å²) in [6.45, 7) is 13.0. The number of ether oxygens (including phenoxy) is 5. The standard InChI is InChI=1S/C45H44Cl2FN7O5S.C6H14N2/c1-26-36-27(2)40(47)41(39(26)46)58-21-20-57-33-9-10-34(60-24-32-12-14-51-43(55-32)30-6-11-35(52-23-30)50-16-15-49-17-19-56-3)29(22-33)13-18-59-44-38-37(36)42(61-45(38)54-25-53-44)28-4-7-31(48)8-5-28;1-7-3-5-8(2)6-4-7/h4-12,14,22-23,49,54H,13,15-21,24-25H2,1-3H3,(H,50,52);3-6H2,1-2H3. The Balaban J connectivity index is 0.000000729. The predicted molar refractivity (Wildman–Crippen MR) is 275 cm³/mol. The van der Waals surface area contributed by atoms with Gasteiger partial charge in [-0.05, 0) is 98.7 Å². The second-order valence-corrected chi connectivity index (χ2v) is 18.6. The third-order valence-electron chi connectivity index (χ3n) is 11.9. The second-order valence-electron chi connectivity index (χ2n) is 16.8. The summed E-state index contributed by atoms with van der Waals surface area (Å²) in [5.74, 6) is 3.14. The Morgan fingerprint density at radius 3 is 2.28 bits per heavy atom. The molecule has 14 nitrogen and oxygen atoms in total. The molecule has 364 valence electrons. The molecule has 7 heterocycles. The molecule has 18 heteroatoms. The van der Waals surface area contributed by atoms with Crippen molar-refractivity contribution in [3.05, 3.63) is 117 Å². The average molecular weight is 999 g/mol. The molecular formula is C51H58Cl2FN9O5S. The van der Waals surface area contributed by atoms with E-state index in [1.54, 1.807) is 43.0 Å². The fourth-order valence-corrected chi connectivity index (χ4v) is 9.78. The van der Waals surface area contributed by atoms with Crippen LogP contribution in [0.2, 0.25) is 10.0 Å². The van der Waals surface area contributed by atoms with Gasteiger partial charge in [0.1, 0.15) is 54.6 Å². The molecule has 3 aromatic heterocycles. The predicted octanol–water partition coefficient (Wildman–Crippen LogP) is 9.25. The van der Waals surface area contributed by atoms with Crippen molar-refractivity contribution in [1.82, 2.24) is 30.1 Å². The summed E-state index contributed by atoms with van der Waals surface area (Å²) >= 11 is 15.7. The van der Waals surface area contributed by atoms with Crippen molar-refractivity contribution in [2.24, 2.45) is 4.99 Å². The molecule has 4 aliphatic rings. The number of nitrogens with one attached hydrogen (secondary N) is 3. The molecule has 0 radical (unpaired) electrons. The van der Waals surface area contributed by atoms with Crippen LogP contribution in [0.1, 0.15) is 27.9 Å². The van der Waals surface area contributed by atoms with Crippen LogP contribution in [0.15, 0.2) is 78.0 Å². The quantitative estimate of drug-likeness (QED) is 0.101. The highest BCUT2D eigenvalue weighted by atomic mass is 35.5. The van der Waals surface area contributed by atoms with Gasteiger partial charge >= 0.3 is 0 Å². The summed E-state index contributed by atoms with van der Waals surface area (Å²) in [5.41, 5.74) is 7.22. The van der Waals surface area contributed by atoms with E-state index in [0.29, 0.717) is 64.4 Å². The fourth-order valence-electron chi connectivity index (χ4n) is 8.05. The van der Waals surface area contributed by atoms with Crippen molar-refractivity contribution in [3.63, 3.8) is 0 Å². The van der Waals surface area contributed by atoms with E-state index < -0.39 is 0 Å². The van der Waals surface area contributed by atoms with Crippen molar-refractivity contribution in [2.75, 3.05) is 111 Å². The number of rotatable bonds is 12. The zero-order valence-corrected chi connectivity index (χ0v) is 41.9. The van der Waals surface area contributed by atoms with Gasteiger partial charge in [0, 0.05) is 93.3 Å². The zero-order chi connectivity index (χ0) is 48.3. The van der Waals surface area contributed by atoms with Crippen LogP contribution in [-0.2, 0) is 22.5 Å². The van der Waals surface area contributed by atoms with Crippen molar-refractivity contribution in [2.45, 2.75) is 26.9 Å². The minimum atomic E-state index is -0.323. The van der Waals surface area contributed by atoms with Gasteiger partial charge in [-0.2, -0.15) is 0 Å². The number of thiophene rings is 1. The Morgan fingerprint density at radius 1 is 0.812 bits per heavy atom. The summed E-state index contributed by atoms with van der Waals surface area (Å²) in [6.07, 6.45) is 3.95. The van der Waals surface area contributed by atoms with Gasteiger partial charge in [-0.1, -0.05) is 35.3 Å². The number of methoxy groups -OCH3 is 1. The number of halogens is 3. The number of benzene rings is 3. The highest BCUT2D eigenvalue weighted by molar-refractivity contribution is 7.20. The Labute approximate surface area is 417 Å². The fraction of sp³-hybridized carbons (Fsp3) is 0.373. The van der Waals surface area contributed by atoms with Gasteiger partial charge in [0.05, 0.1) is 34.5 Å². The van der Waals surface area contributed by atoms with Gasteiger partial charge in [0.25, 0.3) is 0 Å². The van der Waals surface area contributed by atoms with Crippen LogP contribution in [0.25, 0.3) is 33.0 Å². The Bertz CT molecular complexity index is 2680. The monoisotopic (exact) mass is 997 g/mol. The maximum Gasteiger partial charge on any atom is 0.221 e. The maximum atomic E-state index is 14.2. The molecule has 6 aromatic rings. The first-order valence-electron chi connectivity index (χ1n) is 23.0. The molecule has 0 atom stereocenters. The van der Waals surface area contributed by atoms with Gasteiger partial charge in [-0.3, -0.25) is 0 Å². The minimum Gasteiger partial charge on any atom is -0.490 e. The molecule has 4 bridgehead atoms. The molecule has 0 amide bonds. The molecule has 10 rings (SSSR count). The van der Waals surface area contributed by atoms with E-state index in [1.807, 2.05) is 50.2 Å². The van der Waals surface area contributed by atoms with Gasteiger partial charge in [0.15, 0.2) is 11.6 Å². The van der Waals surface area contributed by atoms with Crippen LogP contribution >= 0.6 is 34.5 Å². The number of hydrogen-bond donors (Lipinski definition) is 3. The number of nitrogens with zero attached hydrogens (tertiary/aromatic N) is 6. The number of anilines is 2. The first-order chi connectivity index (χ1) is 33.6. The second kappa shape index (κ2) is 23.8. The first-order valence-corrected chi connectivity index (χ1v) is 24.6. The summed E-state index contributed by atoms with van der Waals surface area (Å²) < 4.78 is 44.6. The van der Waals surface area contributed by atoms with E-state index in [2.05, 4.69) is 49.8 Å². The third-order valence-corrected chi connectivity index (χ3v) is 14.0. The molecule has 3 aromatic carbocycles. The number of likely N-dealkylation sites (N-methyl/N-ethyl adjacent to an activating group) is 2. The lowest BCUT2D eigenvalue weighted by Gasteiger charge is -2.28. The topological polar surface area (TPSA) is 140 Å². The number of pyridine rings is 1. The lowest BCUT2D eigenvalue weighted by Crippen LogP contribution is -2.42. The molecule has 0 saturated carbocycles. The molecule has 0 unspecified atom stereocenters. The summed E-state index contributed by atoms with van der Waals surface area (Å²) in [7, 11) is 6.03. The third kappa shape index (κ3) is 12.4. The molecular weight excluding hydrogens is 941 g/mol. The van der Waals surface area contributed by atoms with Crippen molar-refractivity contribution >= 4 is 51.3 Å². The van der Waals surface area contributed by atoms with Gasteiger partial charge in [-0.25, -0.2) is 24.3 Å². The zero-order valence-electron chi connectivity index (χ0n) is 39.6. The van der Waals surface area contributed by atoms with Crippen LogP contribution in [0.5, 0.6) is 17.2 Å². The highest BCUT2D eigenvalue weighted by Crippen LogP contribution is 2.53. The molecule has 3 N–H and O–H groups in total. The number of fused-ring (bicyclic) bond motifs is 7. The number of piperazine rings is 1. The van der Waals surface area contributed by atoms with E-state index >= 15 is 0 Å². The van der Waals surface area contributed by atoms with Crippen LogP contribution < -0.4 is 30.2 Å². The highest BCUT2D eigenvalue weighted by Gasteiger charge is 2.32. The Kier molecular flexibility index (Phi) is 17.2. The molecule has 1 fully saturated rings. The van der Waals surface area contributed by atoms with E-state index in [9.17, 15) is 4.39 Å². The number of aromatic nitrogens is 3. The first kappa shape index (κ1) is 49.8.